The average Bonchev–Trinajstić information content (AvgIpc) is 3.41. The minimum atomic E-state index is -0.810. The van der Waals surface area contributed by atoms with Gasteiger partial charge in [-0.2, -0.15) is 0 Å². The van der Waals surface area contributed by atoms with Crippen molar-refractivity contribution in [3.8, 4) is 0 Å². The molecule has 11 heteroatoms. The molecule has 1 unspecified atom stereocenters. The predicted octanol–water partition coefficient (Wildman–Crippen LogP) is 1.65. The van der Waals surface area contributed by atoms with Gasteiger partial charge in [-0.25, -0.2) is 15.0 Å². The van der Waals surface area contributed by atoms with E-state index >= 15 is 0 Å². The molecule has 4 rings (SSSR count). The maximum Gasteiger partial charge on any atom is 0.256 e. The Bertz CT molecular complexity index is 1090. The zero-order chi connectivity index (χ0) is 23.9. The Hall–Kier alpha value is -3.12. The number of nitrogens with zero attached hydrogens (tertiary/aromatic N) is 4. The van der Waals surface area contributed by atoms with E-state index in [1.165, 1.54) is 6.33 Å². The van der Waals surface area contributed by atoms with Gasteiger partial charge in [0.05, 0.1) is 12.7 Å². The number of amides is 1. The minimum absolute atomic E-state index is 0.275. The molecule has 0 radical (unpaired) electrons. The van der Waals surface area contributed by atoms with Crippen molar-refractivity contribution < 1.29 is 19.7 Å². The number of aliphatic hydroxyl groups is 2. The number of hydrogen-bond donors (Lipinski definition) is 5. The molecule has 3 aromatic rings. The molecular weight excluding hydrogens is 438 g/mol. The van der Waals surface area contributed by atoms with Crippen LogP contribution >= 0.6 is 0 Å². The molecule has 0 spiro atoms. The first kappa shape index (κ1) is 24.0. The maximum atomic E-state index is 12.7. The smallest absolute Gasteiger partial charge is 0.256 e. The van der Waals surface area contributed by atoms with E-state index in [-0.39, 0.29) is 24.8 Å². The number of carbonyl (C=O) groups is 1. The molecule has 6 N–H and O–H groups in total. The number of imidazole rings is 1. The van der Waals surface area contributed by atoms with Crippen LogP contribution in [0.1, 0.15) is 48.7 Å². The first-order chi connectivity index (χ1) is 16.6. The van der Waals surface area contributed by atoms with Crippen LogP contribution in [0.4, 0.5) is 11.8 Å². The molecule has 0 saturated carbocycles. The highest BCUT2D eigenvalue weighted by atomic mass is 16.5. The van der Waals surface area contributed by atoms with Crippen LogP contribution in [0.25, 0.3) is 11.2 Å². The summed E-state index contributed by atoms with van der Waals surface area (Å²) in [5, 5.41) is 25.9. The van der Waals surface area contributed by atoms with Gasteiger partial charge in [0.15, 0.2) is 17.0 Å². The SMILES string of the molecule is NCCCCCCNc1nc2c(NC(=O)c3ccccc3)ncnc2n1[C@H]1CC(O)[C@@H](CO)O1. The number of benzene rings is 1. The predicted molar refractivity (Wildman–Crippen MR) is 127 cm³/mol. The van der Waals surface area contributed by atoms with Crippen LogP contribution in [0.3, 0.4) is 0 Å². The number of nitrogens with two attached hydrogens (primary N) is 1. The third-order valence-corrected chi connectivity index (χ3v) is 5.83. The molecule has 1 aliphatic rings. The first-order valence-electron chi connectivity index (χ1n) is 11.6. The molecule has 1 fully saturated rings. The monoisotopic (exact) mass is 469 g/mol. The molecule has 182 valence electrons. The van der Waals surface area contributed by atoms with Crippen molar-refractivity contribution >= 4 is 28.8 Å². The summed E-state index contributed by atoms with van der Waals surface area (Å²) < 4.78 is 7.64. The van der Waals surface area contributed by atoms with Gasteiger partial charge in [-0.15, -0.1) is 0 Å². The van der Waals surface area contributed by atoms with Crippen LogP contribution in [0, 0.1) is 0 Å². The highest BCUT2D eigenvalue weighted by molar-refractivity contribution is 6.06. The van der Waals surface area contributed by atoms with E-state index in [1.807, 2.05) is 6.07 Å². The van der Waals surface area contributed by atoms with Crippen molar-refractivity contribution in [2.24, 2.45) is 5.73 Å². The van der Waals surface area contributed by atoms with Crippen molar-refractivity contribution in [3.05, 3.63) is 42.2 Å². The van der Waals surface area contributed by atoms with Crippen LogP contribution in [0.15, 0.2) is 36.7 Å². The van der Waals surface area contributed by atoms with E-state index in [9.17, 15) is 15.0 Å². The summed E-state index contributed by atoms with van der Waals surface area (Å²) in [6.45, 7) is 1.07. The fourth-order valence-corrected chi connectivity index (χ4v) is 4.03. The summed E-state index contributed by atoms with van der Waals surface area (Å²) in [6.07, 6.45) is 3.57. The standard InChI is InChI=1S/C23H31N7O4/c24-10-6-1-2-7-11-25-23-28-19-20(29-22(33)15-8-4-3-5-9-15)26-14-27-21(19)30(23)18-12-16(32)17(13-31)34-18/h3-5,8-9,14,16-18,31-32H,1-2,6-7,10-13,24H2,(H,25,28)(H,26,27,29,33)/t16?,17-,18-/m1/s1. The number of hydrogen-bond acceptors (Lipinski definition) is 9. The van der Waals surface area contributed by atoms with Gasteiger partial charge in [-0.3, -0.25) is 9.36 Å². The number of rotatable bonds is 11. The lowest BCUT2D eigenvalue weighted by atomic mass is 10.2. The molecule has 1 amide bonds. The average molecular weight is 470 g/mol. The Morgan fingerprint density at radius 3 is 2.71 bits per heavy atom. The molecule has 0 aliphatic carbocycles. The molecular formula is C23H31N7O4. The minimum Gasteiger partial charge on any atom is -0.394 e. The third-order valence-electron chi connectivity index (χ3n) is 5.83. The van der Waals surface area contributed by atoms with Gasteiger partial charge >= 0.3 is 0 Å². The van der Waals surface area contributed by atoms with Crippen LogP contribution in [-0.2, 0) is 4.74 Å². The molecule has 3 atom stereocenters. The van der Waals surface area contributed by atoms with Gasteiger partial charge in [-0.05, 0) is 31.5 Å². The number of ether oxygens (including phenoxy) is 1. The summed E-state index contributed by atoms with van der Waals surface area (Å²) in [5.74, 6) is 0.471. The molecule has 0 bridgehead atoms. The number of nitrogens with one attached hydrogen (secondary N) is 2. The van der Waals surface area contributed by atoms with Crippen molar-refractivity contribution in [2.45, 2.75) is 50.5 Å². The summed E-state index contributed by atoms with van der Waals surface area (Å²) >= 11 is 0. The number of carbonyl (C=O) groups excluding carboxylic acids is 1. The van der Waals surface area contributed by atoms with Gasteiger partial charge in [0.2, 0.25) is 5.95 Å². The van der Waals surface area contributed by atoms with E-state index in [0.29, 0.717) is 35.8 Å². The van der Waals surface area contributed by atoms with Gasteiger partial charge in [0.25, 0.3) is 5.91 Å². The Kier molecular flexibility index (Phi) is 8.01. The lowest BCUT2D eigenvalue weighted by Crippen LogP contribution is -2.24. The fourth-order valence-electron chi connectivity index (χ4n) is 4.03. The fraction of sp³-hybridized carbons (Fsp3) is 0.478. The zero-order valence-electron chi connectivity index (χ0n) is 18.9. The molecule has 2 aromatic heterocycles. The van der Waals surface area contributed by atoms with Crippen LogP contribution in [-0.4, -0.2) is 67.5 Å². The molecule has 1 saturated heterocycles. The molecule has 34 heavy (non-hydrogen) atoms. The quantitative estimate of drug-likeness (QED) is 0.263. The highest BCUT2D eigenvalue weighted by Crippen LogP contribution is 2.35. The normalized spacial score (nSPS) is 20.0. The van der Waals surface area contributed by atoms with E-state index in [4.69, 9.17) is 10.5 Å². The lowest BCUT2D eigenvalue weighted by molar-refractivity contribution is -0.0425. The Morgan fingerprint density at radius 2 is 1.97 bits per heavy atom. The Balaban J connectivity index is 1.62. The maximum absolute atomic E-state index is 12.7. The third kappa shape index (κ3) is 5.33. The second-order valence-corrected chi connectivity index (χ2v) is 8.26. The first-order valence-corrected chi connectivity index (χ1v) is 11.6. The second kappa shape index (κ2) is 11.3. The van der Waals surface area contributed by atoms with Crippen molar-refractivity contribution in [1.82, 2.24) is 19.5 Å². The van der Waals surface area contributed by atoms with Crippen LogP contribution < -0.4 is 16.4 Å². The largest absolute Gasteiger partial charge is 0.394 e. The van der Waals surface area contributed by atoms with Gasteiger partial charge in [0.1, 0.15) is 18.7 Å². The van der Waals surface area contributed by atoms with E-state index < -0.39 is 18.4 Å². The van der Waals surface area contributed by atoms with Gasteiger partial charge in [-0.1, -0.05) is 31.0 Å². The van der Waals surface area contributed by atoms with Gasteiger partial charge < -0.3 is 31.3 Å². The zero-order valence-corrected chi connectivity index (χ0v) is 18.9. The number of anilines is 2. The molecule has 3 heterocycles. The van der Waals surface area contributed by atoms with Crippen LogP contribution in [0.5, 0.6) is 0 Å². The van der Waals surface area contributed by atoms with Gasteiger partial charge in [0, 0.05) is 18.5 Å². The topological polar surface area (TPSA) is 160 Å². The van der Waals surface area contributed by atoms with Crippen molar-refractivity contribution in [2.75, 3.05) is 30.3 Å². The number of unbranched alkanes of at least 4 members (excludes halogenated alkanes) is 3. The lowest BCUT2D eigenvalue weighted by Gasteiger charge is -2.17. The number of fused-ring (bicyclic) bond motifs is 1. The molecule has 11 nitrogen and oxygen atoms in total. The summed E-state index contributed by atoms with van der Waals surface area (Å²) in [4.78, 5) is 26.0. The number of aromatic nitrogens is 4. The highest BCUT2D eigenvalue weighted by Gasteiger charge is 2.37. The van der Waals surface area contributed by atoms with E-state index in [0.717, 1.165) is 25.7 Å². The second-order valence-electron chi connectivity index (χ2n) is 8.26. The van der Waals surface area contributed by atoms with Crippen LogP contribution in [0.2, 0.25) is 0 Å². The molecule has 1 aliphatic heterocycles. The number of aliphatic hydroxyl groups excluding tert-OH is 2. The Labute approximate surface area is 197 Å². The summed E-state index contributed by atoms with van der Waals surface area (Å²) in [6, 6.07) is 8.84. The summed E-state index contributed by atoms with van der Waals surface area (Å²) in [7, 11) is 0. The Morgan fingerprint density at radius 1 is 1.18 bits per heavy atom. The van der Waals surface area contributed by atoms with E-state index in [1.54, 1.807) is 28.8 Å². The van der Waals surface area contributed by atoms with E-state index in [2.05, 4.69) is 25.6 Å². The van der Waals surface area contributed by atoms with Crippen molar-refractivity contribution in [1.29, 1.82) is 0 Å². The van der Waals surface area contributed by atoms with Crippen molar-refractivity contribution in [3.63, 3.8) is 0 Å². The molecule has 1 aromatic carbocycles. The summed E-state index contributed by atoms with van der Waals surface area (Å²) in [5.41, 5.74) is 6.92.